The van der Waals surface area contributed by atoms with E-state index in [0.717, 1.165) is 5.56 Å². The molecule has 15 heteroatoms. The summed E-state index contributed by atoms with van der Waals surface area (Å²) in [5.74, 6) is -2.08. The molecule has 0 bridgehead atoms. The molecule has 1 aromatic rings. The van der Waals surface area contributed by atoms with Crippen LogP contribution in [-0.2, 0) is 40.0 Å². The summed E-state index contributed by atoms with van der Waals surface area (Å²) in [4.78, 5) is 111. The van der Waals surface area contributed by atoms with Gasteiger partial charge in [-0.2, -0.15) is 0 Å². The molecule has 412 valence electrons. The Morgan fingerprint density at radius 1 is 0.375 bits per heavy atom. The minimum absolute atomic E-state index is 0.00400. The van der Waals surface area contributed by atoms with E-state index in [1.165, 1.54) is 29.4 Å². The highest BCUT2D eigenvalue weighted by Gasteiger charge is 2.43. The van der Waals surface area contributed by atoms with Gasteiger partial charge in [-0.3, -0.25) is 33.6 Å². The van der Waals surface area contributed by atoms with Crippen molar-refractivity contribution in [2.45, 2.75) is 191 Å². The summed E-state index contributed by atoms with van der Waals surface area (Å²) in [6.07, 6.45) is 3.27. The van der Waals surface area contributed by atoms with Gasteiger partial charge >= 0.3 is 0 Å². The van der Waals surface area contributed by atoms with Crippen molar-refractivity contribution in [1.82, 2.24) is 40.0 Å². The van der Waals surface area contributed by atoms with Crippen LogP contribution in [0.25, 0.3) is 0 Å². The van der Waals surface area contributed by atoms with E-state index in [1.807, 2.05) is 127 Å². The Labute approximate surface area is 437 Å². The van der Waals surface area contributed by atoms with Gasteiger partial charge in [0, 0.05) is 48.8 Å². The third kappa shape index (κ3) is 20.4. The molecule has 1 rings (SSSR count). The number of carbonyl (C=O) groups excluding carboxylic acids is 7. The van der Waals surface area contributed by atoms with Gasteiger partial charge in [-0.1, -0.05) is 127 Å². The standard InChI is InChI=1S/C57H102N8O7/c1-36(2)29-44(58-15)52(67)61(17)46(31-38(5)6)54(69)63(19)48(33-40(9)10)56(71)65(21)50(35-42(13)14)57(72)64(20)49(34-41(11)12)55(70)62(18)47(32-39(7)8)53(68)60(16)45(30-37(3)4)51(66)59-28-27-43-25-23-22-24-26-43/h22-26,36-42,44-50,58H,27-35H2,1-21H3,(H,59,66)/t44-,45-,46-,47-,48-,49-,50-/m0/s1. The number of amides is 7. The number of rotatable bonds is 31. The van der Waals surface area contributed by atoms with Gasteiger partial charge in [0.25, 0.3) is 0 Å². The SMILES string of the molecule is CN[C@@H](CC(C)C)C(=O)N(C)[C@@H](CC(C)C)C(=O)N(C)[C@@H](CC(C)C)C(=O)N(C)[C@@H](CC(C)C)C(=O)N(C)[C@@H](CC(C)C)C(=O)N(C)[C@@H](CC(C)C)C(=O)N(C)[C@@H](CC(C)C)C(=O)NCCc1ccccc1. The minimum atomic E-state index is -0.993. The normalized spacial score (nSPS) is 14.8. The van der Waals surface area contributed by atoms with Crippen molar-refractivity contribution in [2.75, 3.05) is 55.9 Å². The Bertz CT molecular complexity index is 1850. The molecule has 2 N–H and O–H groups in total. The van der Waals surface area contributed by atoms with Gasteiger partial charge in [0.1, 0.15) is 36.3 Å². The molecule has 0 fully saturated rings. The molecule has 0 aliphatic heterocycles. The van der Waals surface area contributed by atoms with Crippen LogP contribution in [0.1, 0.15) is 147 Å². The largest absolute Gasteiger partial charge is 0.354 e. The summed E-state index contributed by atoms with van der Waals surface area (Å²) < 4.78 is 0. The second-order valence-electron chi connectivity index (χ2n) is 23.6. The van der Waals surface area contributed by atoms with Gasteiger partial charge in [-0.15, -0.1) is 0 Å². The van der Waals surface area contributed by atoms with Crippen LogP contribution in [0.5, 0.6) is 0 Å². The fraction of sp³-hybridized carbons (Fsp3) is 0.772. The molecule has 0 saturated heterocycles. The van der Waals surface area contributed by atoms with Gasteiger partial charge in [0.15, 0.2) is 0 Å². The topological polar surface area (TPSA) is 163 Å². The molecule has 72 heavy (non-hydrogen) atoms. The van der Waals surface area contributed by atoms with Crippen LogP contribution in [0.4, 0.5) is 0 Å². The predicted octanol–water partition coefficient (Wildman–Crippen LogP) is 7.22. The first-order valence-electron chi connectivity index (χ1n) is 27.0. The monoisotopic (exact) mass is 1010 g/mol. The molecule has 7 atom stereocenters. The molecule has 0 heterocycles. The molecule has 7 amide bonds. The maximum Gasteiger partial charge on any atom is 0.245 e. The molecular weight excluding hydrogens is 909 g/mol. The maximum atomic E-state index is 15.1. The zero-order valence-corrected chi connectivity index (χ0v) is 48.9. The number of hydrogen-bond acceptors (Lipinski definition) is 8. The Morgan fingerprint density at radius 2 is 0.625 bits per heavy atom. The first-order valence-corrected chi connectivity index (χ1v) is 27.0. The lowest BCUT2D eigenvalue weighted by atomic mass is 9.94. The quantitative estimate of drug-likeness (QED) is 0.0789. The Kier molecular flexibility index (Phi) is 28.4. The fourth-order valence-corrected chi connectivity index (χ4v) is 9.49. The van der Waals surface area contributed by atoms with Gasteiger partial charge in [-0.25, -0.2) is 0 Å². The van der Waals surface area contributed by atoms with Crippen molar-refractivity contribution in [2.24, 2.45) is 41.4 Å². The van der Waals surface area contributed by atoms with E-state index in [2.05, 4.69) is 10.6 Å². The third-order valence-electron chi connectivity index (χ3n) is 13.7. The molecule has 0 unspecified atom stereocenters. The van der Waals surface area contributed by atoms with E-state index in [0.29, 0.717) is 45.1 Å². The van der Waals surface area contributed by atoms with Crippen LogP contribution in [-0.4, -0.2) is 169 Å². The zero-order chi connectivity index (χ0) is 55.5. The van der Waals surface area contributed by atoms with Crippen LogP contribution < -0.4 is 10.6 Å². The van der Waals surface area contributed by atoms with Crippen LogP contribution in [0, 0.1) is 41.4 Å². The molecule has 0 aliphatic carbocycles. The molecule has 15 nitrogen and oxygen atoms in total. The van der Waals surface area contributed by atoms with Crippen LogP contribution in [0.15, 0.2) is 30.3 Å². The summed E-state index contributed by atoms with van der Waals surface area (Å²) in [5.41, 5.74) is 1.09. The average Bonchev–Trinajstić information content (AvgIpc) is 3.30. The summed E-state index contributed by atoms with van der Waals surface area (Å²) in [6.45, 7) is 28.3. The zero-order valence-electron chi connectivity index (χ0n) is 48.9. The lowest BCUT2D eigenvalue weighted by Gasteiger charge is -2.41. The van der Waals surface area contributed by atoms with E-state index < -0.39 is 60.0 Å². The van der Waals surface area contributed by atoms with Gasteiger partial charge < -0.3 is 40.0 Å². The first kappa shape index (κ1) is 65.5. The summed E-state index contributed by atoms with van der Waals surface area (Å²) >= 11 is 0. The number of benzene rings is 1. The Hall–Kier alpha value is -4.53. The molecule has 0 radical (unpaired) electrons. The molecule has 0 aromatic heterocycles. The Morgan fingerprint density at radius 3 is 0.889 bits per heavy atom. The van der Waals surface area contributed by atoms with Gasteiger partial charge in [0.05, 0.1) is 6.04 Å². The molecular formula is C57H102N8O7. The number of likely N-dealkylation sites (N-methyl/N-ethyl adjacent to an activating group) is 7. The number of nitrogens with one attached hydrogen (secondary N) is 2. The second kappa shape index (κ2) is 31.3. The smallest absolute Gasteiger partial charge is 0.245 e. The lowest BCUT2D eigenvalue weighted by molar-refractivity contribution is -0.157. The first-order chi connectivity index (χ1) is 33.4. The lowest BCUT2D eigenvalue weighted by Crippen LogP contribution is -2.61. The van der Waals surface area contributed by atoms with Crippen LogP contribution in [0.3, 0.4) is 0 Å². The molecule has 0 spiro atoms. The third-order valence-corrected chi connectivity index (χ3v) is 13.7. The van der Waals surface area contributed by atoms with Crippen molar-refractivity contribution in [3.05, 3.63) is 35.9 Å². The van der Waals surface area contributed by atoms with Gasteiger partial charge in [-0.05, 0) is 105 Å². The van der Waals surface area contributed by atoms with Crippen molar-refractivity contribution >= 4 is 41.4 Å². The van der Waals surface area contributed by atoms with E-state index in [9.17, 15) is 19.2 Å². The minimum Gasteiger partial charge on any atom is -0.354 e. The molecule has 0 aliphatic rings. The number of nitrogens with zero attached hydrogens (tertiary/aromatic N) is 6. The van der Waals surface area contributed by atoms with Crippen molar-refractivity contribution in [1.29, 1.82) is 0 Å². The van der Waals surface area contributed by atoms with E-state index in [1.54, 1.807) is 49.3 Å². The average molecular weight is 1010 g/mol. The second-order valence-corrected chi connectivity index (χ2v) is 23.6. The summed E-state index contributed by atoms with van der Waals surface area (Å²) in [7, 11) is 11.5. The molecule has 0 saturated carbocycles. The predicted molar refractivity (Wildman–Crippen MR) is 292 cm³/mol. The van der Waals surface area contributed by atoms with E-state index >= 15 is 14.4 Å². The van der Waals surface area contributed by atoms with Crippen LogP contribution >= 0.6 is 0 Å². The van der Waals surface area contributed by atoms with Crippen LogP contribution in [0.2, 0.25) is 0 Å². The van der Waals surface area contributed by atoms with Crippen molar-refractivity contribution < 1.29 is 33.6 Å². The highest BCUT2D eigenvalue weighted by molar-refractivity contribution is 5.97. The van der Waals surface area contributed by atoms with Crippen molar-refractivity contribution in [3.8, 4) is 0 Å². The fourth-order valence-electron chi connectivity index (χ4n) is 9.49. The maximum absolute atomic E-state index is 15.1. The van der Waals surface area contributed by atoms with E-state index in [-0.39, 0.29) is 77.9 Å². The highest BCUT2D eigenvalue weighted by Crippen LogP contribution is 2.26. The van der Waals surface area contributed by atoms with E-state index in [4.69, 9.17) is 0 Å². The highest BCUT2D eigenvalue weighted by atomic mass is 16.2. The number of hydrogen-bond donors (Lipinski definition) is 2. The summed E-state index contributed by atoms with van der Waals surface area (Å²) in [6, 6.07) is 3.94. The molecule has 1 aromatic carbocycles. The van der Waals surface area contributed by atoms with Crippen molar-refractivity contribution in [3.63, 3.8) is 0 Å². The summed E-state index contributed by atoms with van der Waals surface area (Å²) in [5, 5.41) is 6.18. The Balaban J connectivity index is 3.71. The van der Waals surface area contributed by atoms with Gasteiger partial charge in [0.2, 0.25) is 41.4 Å². The number of carbonyl (C=O) groups is 7.